The first-order valence-corrected chi connectivity index (χ1v) is 21.4. The number of carbonyl (C=O) groups is 6. The third kappa shape index (κ3) is 10.7. The Morgan fingerprint density at radius 3 is 1.25 bits per heavy atom. The van der Waals surface area contributed by atoms with E-state index in [0.717, 1.165) is 50.4 Å². The molecule has 0 saturated carbocycles. The molecule has 16 heteroatoms. The molecule has 4 aromatic carbocycles. The molecule has 2 unspecified atom stereocenters. The van der Waals surface area contributed by atoms with Crippen LogP contribution in [0.5, 0.6) is 11.5 Å². The smallest absolute Gasteiger partial charge is 0.305 e. The highest BCUT2D eigenvalue weighted by atomic mass is 16.5. The number of primary amides is 2. The van der Waals surface area contributed by atoms with E-state index in [1.54, 1.807) is 24.3 Å². The minimum absolute atomic E-state index is 0.0328. The van der Waals surface area contributed by atoms with Crippen LogP contribution < -0.4 is 20.9 Å². The fraction of sp³-hybridized carbons (Fsp3) is 0.375. The molecule has 0 radical (unpaired) electrons. The molecule has 0 spiro atoms. The van der Waals surface area contributed by atoms with Gasteiger partial charge in [0.15, 0.2) is 0 Å². The molecule has 4 N–H and O–H groups in total. The summed E-state index contributed by atoms with van der Waals surface area (Å²) >= 11 is 0. The standard InChI is InChI=1S/C48H54N6O10/c1-61-43(55)19-17-39(45(49)57)53-27-37-35(47(53)59)5-3-7-41(37)63-29-33-13-9-31(10-14-33)25-51-21-23-52(24-22-51)26-32-11-15-34(16-12-32)30-64-42-8-4-6-36-38(42)28-54(48(36)60)40(46(50)58)18-20-44(56)62-2/h3-16,39-40H,17-30H2,1-2H3,(H2,49,57)(H2,50,58). The van der Waals surface area contributed by atoms with E-state index < -0.39 is 35.8 Å². The second-order valence-corrected chi connectivity index (χ2v) is 16.3. The van der Waals surface area contributed by atoms with E-state index in [1.165, 1.54) is 35.1 Å². The maximum Gasteiger partial charge on any atom is 0.305 e. The highest BCUT2D eigenvalue weighted by Gasteiger charge is 2.39. The first kappa shape index (κ1) is 45.3. The van der Waals surface area contributed by atoms with E-state index in [9.17, 15) is 28.8 Å². The van der Waals surface area contributed by atoms with Crippen LogP contribution in [0.3, 0.4) is 0 Å². The number of fused-ring (bicyclic) bond motifs is 2. The van der Waals surface area contributed by atoms with Gasteiger partial charge in [0.2, 0.25) is 11.8 Å². The molecule has 3 aliphatic rings. The molecule has 3 aliphatic heterocycles. The SMILES string of the molecule is COC(=O)CCC(C(N)=O)N1Cc2c(OCc3ccc(CN4CCN(Cc5ccc(COc6cccc7c6CN(C(CCC(=O)OC)C(N)=O)C7=O)cc5)CC4)cc3)cccc2C1=O. The van der Waals surface area contributed by atoms with Crippen LogP contribution in [0.4, 0.5) is 0 Å². The Morgan fingerprint density at radius 2 is 0.906 bits per heavy atom. The summed E-state index contributed by atoms with van der Waals surface area (Å²) < 4.78 is 21.8. The molecule has 1 saturated heterocycles. The van der Waals surface area contributed by atoms with E-state index in [1.807, 2.05) is 12.1 Å². The van der Waals surface area contributed by atoms with Crippen LogP contribution in [0.1, 0.15) is 79.8 Å². The monoisotopic (exact) mass is 874 g/mol. The molecule has 4 aromatic rings. The topological polar surface area (TPSA) is 204 Å². The van der Waals surface area contributed by atoms with Crippen LogP contribution in [0.25, 0.3) is 0 Å². The first-order valence-electron chi connectivity index (χ1n) is 21.4. The van der Waals surface area contributed by atoms with Gasteiger partial charge in [-0.3, -0.25) is 38.6 Å². The molecule has 1 fully saturated rings. The van der Waals surface area contributed by atoms with E-state index in [2.05, 4.69) is 58.3 Å². The Labute approximate surface area is 371 Å². The summed E-state index contributed by atoms with van der Waals surface area (Å²) in [6.07, 6.45) is 0.0864. The predicted molar refractivity (Wildman–Crippen MR) is 233 cm³/mol. The lowest BCUT2D eigenvalue weighted by Crippen LogP contribution is -2.45. The van der Waals surface area contributed by atoms with E-state index >= 15 is 0 Å². The third-order valence-electron chi connectivity index (χ3n) is 12.1. The number of ether oxygens (including phenoxy) is 4. The molecular weight excluding hydrogens is 821 g/mol. The van der Waals surface area contributed by atoms with Crippen LogP contribution >= 0.6 is 0 Å². The highest BCUT2D eigenvalue weighted by molar-refractivity contribution is 6.02. The lowest BCUT2D eigenvalue weighted by atomic mass is 10.1. The average molecular weight is 875 g/mol. The Morgan fingerprint density at radius 1 is 0.547 bits per heavy atom. The van der Waals surface area contributed by atoms with Crippen molar-refractivity contribution in [1.29, 1.82) is 0 Å². The fourth-order valence-corrected chi connectivity index (χ4v) is 8.47. The van der Waals surface area contributed by atoms with Crippen molar-refractivity contribution in [2.75, 3.05) is 40.4 Å². The number of nitrogens with two attached hydrogens (primary N) is 2. The van der Waals surface area contributed by atoms with Gasteiger partial charge >= 0.3 is 11.9 Å². The molecule has 64 heavy (non-hydrogen) atoms. The van der Waals surface area contributed by atoms with E-state index in [0.29, 0.717) is 47.0 Å². The number of rotatable bonds is 20. The maximum atomic E-state index is 13.3. The Hall–Kier alpha value is -6.78. The zero-order valence-electron chi connectivity index (χ0n) is 36.2. The second kappa shape index (κ2) is 20.6. The van der Waals surface area contributed by atoms with Gasteiger partial charge in [0.25, 0.3) is 11.8 Å². The van der Waals surface area contributed by atoms with Gasteiger partial charge in [-0.2, -0.15) is 0 Å². The second-order valence-electron chi connectivity index (χ2n) is 16.3. The number of nitrogens with zero attached hydrogens (tertiary/aromatic N) is 4. The molecule has 2 atom stereocenters. The summed E-state index contributed by atoms with van der Waals surface area (Å²) in [7, 11) is 2.54. The van der Waals surface area contributed by atoms with Crippen molar-refractivity contribution in [3.05, 3.63) is 129 Å². The predicted octanol–water partition coefficient (Wildman–Crippen LogP) is 3.69. The maximum absolute atomic E-state index is 13.3. The van der Waals surface area contributed by atoms with Crippen molar-refractivity contribution >= 4 is 35.6 Å². The largest absolute Gasteiger partial charge is 0.489 e. The Kier molecular flexibility index (Phi) is 14.6. The van der Waals surface area contributed by atoms with Gasteiger partial charge in [0.05, 0.1) is 27.3 Å². The van der Waals surface area contributed by atoms with Gasteiger partial charge in [-0.05, 0) is 59.4 Å². The zero-order chi connectivity index (χ0) is 45.3. The van der Waals surface area contributed by atoms with Gasteiger partial charge in [-0.25, -0.2) is 0 Å². The van der Waals surface area contributed by atoms with Crippen LogP contribution in [-0.4, -0.2) is 108 Å². The molecule has 0 bridgehead atoms. The third-order valence-corrected chi connectivity index (χ3v) is 12.1. The highest BCUT2D eigenvalue weighted by Crippen LogP contribution is 2.35. The van der Waals surface area contributed by atoms with Crippen LogP contribution in [0, 0.1) is 0 Å². The zero-order valence-corrected chi connectivity index (χ0v) is 36.2. The molecule has 7 rings (SSSR count). The van der Waals surface area contributed by atoms with Crippen LogP contribution in [-0.2, 0) is 68.0 Å². The summed E-state index contributed by atoms with van der Waals surface area (Å²) in [5.41, 5.74) is 17.9. The van der Waals surface area contributed by atoms with Crippen molar-refractivity contribution in [3.63, 3.8) is 0 Å². The first-order chi connectivity index (χ1) is 30.9. The van der Waals surface area contributed by atoms with Crippen LogP contribution in [0.15, 0.2) is 84.9 Å². The minimum atomic E-state index is -0.942. The molecule has 0 aliphatic carbocycles. The van der Waals surface area contributed by atoms with Gasteiger partial charge in [-0.15, -0.1) is 0 Å². The Balaban J connectivity index is 0.844. The van der Waals surface area contributed by atoms with E-state index in [4.69, 9.17) is 30.4 Å². The van der Waals surface area contributed by atoms with Crippen LogP contribution in [0.2, 0.25) is 0 Å². The summed E-state index contributed by atoms with van der Waals surface area (Å²) in [4.78, 5) is 82.2. The molecule has 3 heterocycles. The molecular formula is C48H54N6O10. The number of methoxy groups -OCH3 is 2. The fourth-order valence-electron chi connectivity index (χ4n) is 8.47. The molecule has 0 aromatic heterocycles. The van der Waals surface area contributed by atoms with Gasteiger partial charge in [0, 0.05) is 74.4 Å². The van der Waals surface area contributed by atoms with E-state index in [-0.39, 0.29) is 50.6 Å². The Bertz CT molecular complexity index is 2200. The van der Waals surface area contributed by atoms with Crippen molar-refractivity contribution < 1.29 is 47.7 Å². The summed E-state index contributed by atoms with van der Waals surface area (Å²) in [5, 5.41) is 0. The molecule has 336 valence electrons. The van der Waals surface area contributed by atoms with Gasteiger partial charge < -0.3 is 40.2 Å². The number of amides is 4. The van der Waals surface area contributed by atoms with Crippen molar-refractivity contribution in [2.24, 2.45) is 11.5 Å². The lowest BCUT2D eigenvalue weighted by Gasteiger charge is -2.34. The van der Waals surface area contributed by atoms with Crippen molar-refractivity contribution in [1.82, 2.24) is 19.6 Å². The average Bonchev–Trinajstić information content (AvgIpc) is 3.82. The summed E-state index contributed by atoms with van der Waals surface area (Å²) in [6.45, 7) is 6.36. The number of carbonyl (C=O) groups excluding carboxylic acids is 6. The quantitative estimate of drug-likeness (QED) is 0.122. The summed E-state index contributed by atoms with van der Waals surface area (Å²) in [6, 6.07) is 25.3. The van der Waals surface area contributed by atoms with Gasteiger partial charge in [0.1, 0.15) is 36.8 Å². The number of hydrogen-bond donors (Lipinski definition) is 2. The van der Waals surface area contributed by atoms with Gasteiger partial charge in [-0.1, -0.05) is 60.7 Å². The minimum Gasteiger partial charge on any atom is -0.489 e. The normalized spacial score (nSPS) is 15.9. The molecule has 16 nitrogen and oxygen atoms in total. The number of esters is 2. The van der Waals surface area contributed by atoms with Crippen molar-refractivity contribution in [3.8, 4) is 11.5 Å². The molecule has 4 amide bonds. The number of piperazine rings is 1. The lowest BCUT2D eigenvalue weighted by molar-refractivity contribution is -0.142. The van der Waals surface area contributed by atoms with Crippen molar-refractivity contribution in [2.45, 2.75) is 77.2 Å². The number of benzene rings is 4. The summed E-state index contributed by atoms with van der Waals surface area (Å²) in [5.74, 6) is -1.85. The number of hydrogen-bond acceptors (Lipinski definition) is 12.